The Morgan fingerprint density at radius 1 is 1.25 bits per heavy atom. The highest BCUT2D eigenvalue weighted by atomic mass is 16.1. The number of piperidine rings is 1. The van der Waals surface area contributed by atoms with Crippen molar-refractivity contribution in [2.75, 3.05) is 19.6 Å². The highest BCUT2D eigenvalue weighted by molar-refractivity contribution is 5.19. The molecule has 0 N–H and O–H groups in total. The lowest BCUT2D eigenvalue weighted by Gasteiger charge is -2.30. The summed E-state index contributed by atoms with van der Waals surface area (Å²) in [6.45, 7) is 13.8. The molecule has 0 unspecified atom stereocenters. The molecule has 4 heteroatoms. The lowest BCUT2D eigenvalue weighted by atomic mass is 9.99. The average Bonchev–Trinajstić information content (AvgIpc) is 2.57. The SMILES string of the molecule is C=CC.Cc1nc2n(c(=O)c1CCN1CCC(C)CC1)CCCC2. The van der Waals surface area contributed by atoms with Crippen LogP contribution in [0.2, 0.25) is 0 Å². The second-order valence-electron chi connectivity index (χ2n) is 7.19. The Morgan fingerprint density at radius 2 is 1.92 bits per heavy atom. The van der Waals surface area contributed by atoms with E-state index in [1.165, 1.54) is 25.9 Å². The van der Waals surface area contributed by atoms with Crippen LogP contribution in [0.4, 0.5) is 0 Å². The first-order chi connectivity index (χ1) is 11.6. The molecule has 2 aliphatic heterocycles. The predicted octanol–water partition coefficient (Wildman–Crippen LogP) is 3.35. The molecule has 0 spiro atoms. The molecule has 1 aromatic rings. The van der Waals surface area contributed by atoms with E-state index < -0.39 is 0 Å². The van der Waals surface area contributed by atoms with Crippen LogP contribution in [0.3, 0.4) is 0 Å². The first-order valence-corrected chi connectivity index (χ1v) is 9.45. The van der Waals surface area contributed by atoms with Crippen LogP contribution < -0.4 is 5.56 Å². The standard InChI is InChI=1S/C17H27N3O.C3H6/c1-13-6-10-19(11-7-13)12-8-15-14(2)18-16-5-3-4-9-20(16)17(15)21;1-3-2/h13H,3-12H2,1-2H3;3H,1H2,2H3. The fourth-order valence-corrected chi connectivity index (χ4v) is 3.57. The van der Waals surface area contributed by atoms with Crippen molar-refractivity contribution in [3.63, 3.8) is 0 Å². The molecule has 3 rings (SSSR count). The quantitative estimate of drug-likeness (QED) is 0.797. The van der Waals surface area contributed by atoms with E-state index in [1.54, 1.807) is 6.08 Å². The van der Waals surface area contributed by atoms with Gasteiger partial charge in [-0.15, -0.1) is 6.58 Å². The van der Waals surface area contributed by atoms with Crippen molar-refractivity contribution in [3.8, 4) is 0 Å². The molecule has 0 bridgehead atoms. The molecule has 2 aliphatic rings. The van der Waals surface area contributed by atoms with Crippen molar-refractivity contribution in [1.82, 2.24) is 14.5 Å². The fraction of sp³-hybridized carbons (Fsp3) is 0.700. The molecule has 3 heterocycles. The summed E-state index contributed by atoms with van der Waals surface area (Å²) in [5, 5.41) is 0. The van der Waals surface area contributed by atoms with Crippen molar-refractivity contribution in [2.45, 2.75) is 65.8 Å². The zero-order valence-corrected chi connectivity index (χ0v) is 15.7. The first-order valence-electron chi connectivity index (χ1n) is 9.45. The zero-order valence-electron chi connectivity index (χ0n) is 15.7. The van der Waals surface area contributed by atoms with Gasteiger partial charge in [-0.2, -0.15) is 0 Å². The van der Waals surface area contributed by atoms with Crippen LogP contribution in [0.25, 0.3) is 0 Å². The average molecular weight is 332 g/mol. The van der Waals surface area contributed by atoms with Gasteiger partial charge in [0.15, 0.2) is 0 Å². The van der Waals surface area contributed by atoms with Gasteiger partial charge in [-0.3, -0.25) is 9.36 Å². The van der Waals surface area contributed by atoms with Gasteiger partial charge in [0.2, 0.25) is 0 Å². The smallest absolute Gasteiger partial charge is 0.256 e. The third kappa shape index (κ3) is 4.79. The zero-order chi connectivity index (χ0) is 17.5. The lowest BCUT2D eigenvalue weighted by molar-refractivity contribution is 0.194. The highest BCUT2D eigenvalue weighted by Gasteiger charge is 2.19. The van der Waals surface area contributed by atoms with E-state index in [-0.39, 0.29) is 5.56 Å². The Balaban J connectivity index is 0.000000647. The van der Waals surface area contributed by atoms with Crippen molar-refractivity contribution in [2.24, 2.45) is 5.92 Å². The molecule has 1 aromatic heterocycles. The number of fused-ring (bicyclic) bond motifs is 1. The van der Waals surface area contributed by atoms with E-state index in [9.17, 15) is 4.79 Å². The highest BCUT2D eigenvalue weighted by Crippen LogP contribution is 2.17. The molecule has 134 valence electrons. The van der Waals surface area contributed by atoms with Gasteiger partial charge in [0.25, 0.3) is 5.56 Å². The second-order valence-corrected chi connectivity index (χ2v) is 7.19. The van der Waals surface area contributed by atoms with Crippen LogP contribution in [0, 0.1) is 12.8 Å². The maximum atomic E-state index is 12.7. The number of hydrogen-bond acceptors (Lipinski definition) is 3. The Hall–Kier alpha value is -1.42. The number of aryl methyl sites for hydroxylation is 2. The Morgan fingerprint density at radius 3 is 2.58 bits per heavy atom. The summed E-state index contributed by atoms with van der Waals surface area (Å²) in [7, 11) is 0. The lowest BCUT2D eigenvalue weighted by Crippen LogP contribution is -2.37. The number of aromatic nitrogens is 2. The topological polar surface area (TPSA) is 38.1 Å². The van der Waals surface area contributed by atoms with Crippen molar-refractivity contribution < 1.29 is 0 Å². The van der Waals surface area contributed by atoms with E-state index >= 15 is 0 Å². The summed E-state index contributed by atoms with van der Waals surface area (Å²) < 4.78 is 1.92. The van der Waals surface area contributed by atoms with E-state index in [2.05, 4.69) is 18.4 Å². The van der Waals surface area contributed by atoms with E-state index in [0.29, 0.717) is 0 Å². The molecule has 0 radical (unpaired) electrons. The molecule has 0 aliphatic carbocycles. The molecule has 24 heavy (non-hydrogen) atoms. The summed E-state index contributed by atoms with van der Waals surface area (Å²) in [4.78, 5) is 19.9. The van der Waals surface area contributed by atoms with Gasteiger partial charge >= 0.3 is 0 Å². The number of allylic oxidation sites excluding steroid dienone is 1. The number of likely N-dealkylation sites (tertiary alicyclic amines) is 1. The fourth-order valence-electron chi connectivity index (χ4n) is 3.57. The normalized spacial score (nSPS) is 18.5. The molecule has 1 saturated heterocycles. The maximum absolute atomic E-state index is 12.7. The molecular weight excluding hydrogens is 298 g/mol. The minimum atomic E-state index is 0.225. The minimum Gasteiger partial charge on any atom is -0.303 e. The summed E-state index contributed by atoms with van der Waals surface area (Å²) >= 11 is 0. The molecule has 0 atom stereocenters. The van der Waals surface area contributed by atoms with Crippen LogP contribution in [-0.4, -0.2) is 34.1 Å². The first kappa shape index (κ1) is 18.9. The number of nitrogens with zero attached hydrogens (tertiary/aromatic N) is 3. The summed E-state index contributed by atoms with van der Waals surface area (Å²) in [5.74, 6) is 1.86. The van der Waals surface area contributed by atoms with Gasteiger partial charge in [0.05, 0.1) is 0 Å². The van der Waals surface area contributed by atoms with Gasteiger partial charge in [-0.1, -0.05) is 13.0 Å². The summed E-state index contributed by atoms with van der Waals surface area (Å²) in [6.07, 6.45) is 8.42. The summed E-state index contributed by atoms with van der Waals surface area (Å²) in [5.41, 5.74) is 2.13. The predicted molar refractivity (Wildman–Crippen MR) is 101 cm³/mol. The molecule has 0 saturated carbocycles. The monoisotopic (exact) mass is 331 g/mol. The van der Waals surface area contributed by atoms with Crippen LogP contribution >= 0.6 is 0 Å². The molecule has 0 aromatic carbocycles. The third-order valence-corrected chi connectivity index (χ3v) is 5.13. The maximum Gasteiger partial charge on any atom is 0.256 e. The van der Waals surface area contributed by atoms with E-state index in [0.717, 1.165) is 61.8 Å². The number of rotatable bonds is 3. The second kappa shape index (κ2) is 9.16. The van der Waals surface area contributed by atoms with Gasteiger partial charge < -0.3 is 4.90 Å². The van der Waals surface area contributed by atoms with Crippen LogP contribution in [0.15, 0.2) is 17.4 Å². The van der Waals surface area contributed by atoms with Gasteiger partial charge in [-0.05, 0) is 65.0 Å². The third-order valence-electron chi connectivity index (χ3n) is 5.13. The van der Waals surface area contributed by atoms with Crippen molar-refractivity contribution in [1.29, 1.82) is 0 Å². The molecule has 4 nitrogen and oxygen atoms in total. The van der Waals surface area contributed by atoms with Crippen molar-refractivity contribution in [3.05, 3.63) is 40.1 Å². The Kier molecular flexibility index (Phi) is 7.22. The van der Waals surface area contributed by atoms with E-state index in [1.807, 2.05) is 18.4 Å². The Bertz CT molecular complexity index is 598. The molecule has 0 amide bonds. The summed E-state index contributed by atoms with van der Waals surface area (Å²) in [6, 6.07) is 0. The Labute approximate surface area is 146 Å². The minimum absolute atomic E-state index is 0.225. The van der Waals surface area contributed by atoms with Crippen LogP contribution in [0.1, 0.15) is 56.6 Å². The van der Waals surface area contributed by atoms with Gasteiger partial charge in [0, 0.05) is 30.8 Å². The van der Waals surface area contributed by atoms with E-state index in [4.69, 9.17) is 4.98 Å². The number of hydrogen-bond donors (Lipinski definition) is 0. The van der Waals surface area contributed by atoms with Gasteiger partial charge in [0.1, 0.15) is 5.82 Å². The largest absolute Gasteiger partial charge is 0.303 e. The van der Waals surface area contributed by atoms with Gasteiger partial charge in [-0.25, -0.2) is 4.98 Å². The molecule has 1 fully saturated rings. The van der Waals surface area contributed by atoms with Crippen LogP contribution in [-0.2, 0) is 19.4 Å². The van der Waals surface area contributed by atoms with Crippen molar-refractivity contribution >= 4 is 0 Å². The van der Waals surface area contributed by atoms with Crippen LogP contribution in [0.5, 0.6) is 0 Å². The molecular formula is C20H33N3O.